The lowest BCUT2D eigenvalue weighted by Crippen LogP contribution is -2.28. The Hall–Kier alpha value is -3.23. The molecule has 148 valence electrons. The Morgan fingerprint density at radius 1 is 1.21 bits per heavy atom. The van der Waals surface area contributed by atoms with Gasteiger partial charge in [-0.15, -0.1) is 0 Å². The van der Waals surface area contributed by atoms with Crippen molar-refractivity contribution in [3.8, 4) is 0 Å². The van der Waals surface area contributed by atoms with Crippen molar-refractivity contribution in [1.82, 2.24) is 14.7 Å². The predicted molar refractivity (Wildman–Crippen MR) is 103 cm³/mol. The third-order valence-corrected chi connectivity index (χ3v) is 5.05. The van der Waals surface area contributed by atoms with Gasteiger partial charge in [-0.25, -0.2) is 0 Å². The molecule has 1 aromatic heterocycles. The van der Waals surface area contributed by atoms with Crippen molar-refractivity contribution >= 4 is 23.2 Å². The second-order valence-corrected chi connectivity index (χ2v) is 6.96. The molecule has 1 aliphatic heterocycles. The molecule has 0 unspecified atom stereocenters. The van der Waals surface area contributed by atoms with E-state index in [-0.39, 0.29) is 29.7 Å². The van der Waals surface area contributed by atoms with E-state index in [2.05, 4.69) is 10.4 Å². The highest BCUT2D eigenvalue weighted by Gasteiger charge is 2.24. The lowest BCUT2D eigenvalue weighted by atomic mass is 10.1. The van der Waals surface area contributed by atoms with Crippen molar-refractivity contribution in [3.05, 3.63) is 50.8 Å². The Kier molecular flexibility index (Phi) is 5.43. The predicted octanol–water partition coefficient (Wildman–Crippen LogP) is 2.59. The highest BCUT2D eigenvalue weighted by atomic mass is 16.6. The van der Waals surface area contributed by atoms with Crippen molar-refractivity contribution in [2.24, 2.45) is 0 Å². The number of amides is 2. The largest absolute Gasteiger partial charge is 0.339 e. The molecule has 2 aromatic rings. The maximum Gasteiger partial charge on any atom is 0.312 e. The molecule has 2 amide bonds. The zero-order chi connectivity index (χ0) is 20.4. The van der Waals surface area contributed by atoms with Gasteiger partial charge in [0, 0.05) is 24.3 Å². The van der Waals surface area contributed by atoms with Gasteiger partial charge in [0.05, 0.1) is 4.92 Å². The Morgan fingerprint density at radius 3 is 2.50 bits per heavy atom. The topological polar surface area (TPSA) is 110 Å². The lowest BCUT2D eigenvalue weighted by Gasteiger charge is -2.18. The number of benzene rings is 1. The third-order valence-electron chi connectivity index (χ3n) is 5.05. The molecule has 1 saturated heterocycles. The first kappa shape index (κ1) is 19.5. The van der Waals surface area contributed by atoms with E-state index in [0.29, 0.717) is 22.5 Å². The summed E-state index contributed by atoms with van der Waals surface area (Å²) in [7, 11) is 0. The number of aryl methyl sites for hydroxylation is 1. The molecule has 0 aliphatic carbocycles. The summed E-state index contributed by atoms with van der Waals surface area (Å²) in [4.78, 5) is 37.6. The van der Waals surface area contributed by atoms with Crippen molar-refractivity contribution in [3.63, 3.8) is 0 Å². The van der Waals surface area contributed by atoms with Gasteiger partial charge in [0.2, 0.25) is 5.91 Å². The number of aromatic nitrogens is 2. The molecule has 1 aromatic carbocycles. The van der Waals surface area contributed by atoms with Gasteiger partial charge in [-0.05, 0) is 51.3 Å². The van der Waals surface area contributed by atoms with Crippen LogP contribution in [0.3, 0.4) is 0 Å². The first-order chi connectivity index (χ1) is 13.3. The van der Waals surface area contributed by atoms with E-state index in [0.717, 1.165) is 25.9 Å². The highest BCUT2D eigenvalue weighted by molar-refractivity contribution is 5.99. The zero-order valence-corrected chi connectivity index (χ0v) is 16.2. The Labute approximate surface area is 162 Å². The van der Waals surface area contributed by atoms with Crippen molar-refractivity contribution in [2.45, 2.75) is 40.2 Å². The van der Waals surface area contributed by atoms with Gasteiger partial charge in [0.25, 0.3) is 5.91 Å². The van der Waals surface area contributed by atoms with Crippen LogP contribution < -0.4 is 5.32 Å². The number of anilines is 1. The third kappa shape index (κ3) is 3.73. The van der Waals surface area contributed by atoms with Gasteiger partial charge >= 0.3 is 5.69 Å². The molecular formula is C19H23N5O4. The van der Waals surface area contributed by atoms with Crippen LogP contribution in [0, 0.1) is 30.9 Å². The van der Waals surface area contributed by atoms with E-state index in [9.17, 15) is 19.7 Å². The van der Waals surface area contributed by atoms with Gasteiger partial charge in [-0.1, -0.05) is 6.07 Å². The van der Waals surface area contributed by atoms with Crippen LogP contribution in [-0.4, -0.2) is 44.5 Å². The summed E-state index contributed by atoms with van der Waals surface area (Å²) in [6.45, 7) is 6.26. The van der Waals surface area contributed by atoms with Gasteiger partial charge in [0.15, 0.2) is 0 Å². The van der Waals surface area contributed by atoms with Crippen LogP contribution in [0.4, 0.5) is 11.4 Å². The number of nitrogens with zero attached hydrogens (tertiary/aromatic N) is 4. The molecule has 28 heavy (non-hydrogen) atoms. The fourth-order valence-corrected chi connectivity index (χ4v) is 3.52. The summed E-state index contributed by atoms with van der Waals surface area (Å²) in [5, 5.41) is 18.0. The first-order valence-electron chi connectivity index (χ1n) is 9.16. The minimum atomic E-state index is -0.496. The van der Waals surface area contributed by atoms with Gasteiger partial charge in [-0.2, -0.15) is 5.10 Å². The number of carbonyl (C=O) groups excluding carboxylic acids is 2. The Morgan fingerprint density at radius 2 is 1.89 bits per heavy atom. The minimum absolute atomic E-state index is 0.0275. The molecule has 0 spiro atoms. The second-order valence-electron chi connectivity index (χ2n) is 6.96. The van der Waals surface area contributed by atoms with Crippen LogP contribution in [0.5, 0.6) is 0 Å². The van der Waals surface area contributed by atoms with E-state index in [4.69, 9.17) is 0 Å². The number of hydrogen-bond acceptors (Lipinski definition) is 5. The molecule has 1 N–H and O–H groups in total. The number of likely N-dealkylation sites (tertiary alicyclic amines) is 1. The van der Waals surface area contributed by atoms with Crippen LogP contribution in [0.25, 0.3) is 0 Å². The monoisotopic (exact) mass is 385 g/mol. The van der Waals surface area contributed by atoms with Crippen LogP contribution in [0.1, 0.15) is 40.2 Å². The van der Waals surface area contributed by atoms with Crippen LogP contribution in [0.2, 0.25) is 0 Å². The van der Waals surface area contributed by atoms with Gasteiger partial charge in [0.1, 0.15) is 17.9 Å². The number of hydrogen-bond donors (Lipinski definition) is 1. The number of rotatable bonds is 5. The molecule has 9 heteroatoms. The summed E-state index contributed by atoms with van der Waals surface area (Å²) in [5.74, 6) is -0.394. The first-order valence-corrected chi connectivity index (χ1v) is 9.16. The van der Waals surface area contributed by atoms with Crippen LogP contribution >= 0.6 is 0 Å². The molecule has 0 saturated carbocycles. The molecule has 0 atom stereocenters. The van der Waals surface area contributed by atoms with E-state index in [1.807, 2.05) is 4.90 Å². The van der Waals surface area contributed by atoms with Crippen LogP contribution in [-0.2, 0) is 11.3 Å². The number of nitro groups is 1. The minimum Gasteiger partial charge on any atom is -0.339 e. The smallest absolute Gasteiger partial charge is 0.312 e. The average molecular weight is 385 g/mol. The lowest BCUT2D eigenvalue weighted by molar-refractivity contribution is -0.386. The zero-order valence-electron chi connectivity index (χ0n) is 16.2. The molecular weight excluding hydrogens is 362 g/mol. The van der Waals surface area contributed by atoms with E-state index < -0.39 is 4.92 Å². The van der Waals surface area contributed by atoms with Crippen molar-refractivity contribution in [2.75, 3.05) is 18.4 Å². The van der Waals surface area contributed by atoms with Gasteiger partial charge in [-0.3, -0.25) is 24.4 Å². The van der Waals surface area contributed by atoms with Crippen molar-refractivity contribution in [1.29, 1.82) is 0 Å². The SMILES string of the molecule is Cc1nn(CC(=O)Nc2cccc(C(=O)N3CCCC3)c2C)c(C)c1[N+](=O)[O-]. The molecule has 9 nitrogen and oxygen atoms in total. The quantitative estimate of drug-likeness (QED) is 0.628. The maximum absolute atomic E-state index is 12.7. The summed E-state index contributed by atoms with van der Waals surface area (Å²) in [5.41, 5.74) is 2.33. The van der Waals surface area contributed by atoms with E-state index in [1.165, 1.54) is 11.6 Å². The second kappa shape index (κ2) is 7.79. The fraction of sp³-hybridized carbons (Fsp3) is 0.421. The number of nitrogens with one attached hydrogen (secondary N) is 1. The molecule has 1 fully saturated rings. The fourth-order valence-electron chi connectivity index (χ4n) is 3.52. The summed E-state index contributed by atoms with van der Waals surface area (Å²) >= 11 is 0. The number of carbonyl (C=O) groups is 2. The standard InChI is InChI=1S/C19H23N5O4/c1-12-15(19(26)22-9-4-5-10-22)7-6-8-16(12)20-17(25)11-23-14(3)18(24(27)28)13(2)21-23/h6-8H,4-5,9-11H2,1-3H3,(H,20,25). The maximum atomic E-state index is 12.7. The molecule has 2 heterocycles. The Bertz CT molecular complexity index is 944. The summed E-state index contributed by atoms with van der Waals surface area (Å²) < 4.78 is 1.32. The Balaban J connectivity index is 1.76. The highest BCUT2D eigenvalue weighted by Crippen LogP contribution is 2.24. The van der Waals surface area contributed by atoms with Crippen LogP contribution in [0.15, 0.2) is 18.2 Å². The normalized spacial score (nSPS) is 13.6. The molecule has 0 radical (unpaired) electrons. The summed E-state index contributed by atoms with van der Waals surface area (Å²) in [6.07, 6.45) is 2.02. The molecule has 0 bridgehead atoms. The molecule has 3 rings (SSSR count). The van der Waals surface area contributed by atoms with Gasteiger partial charge < -0.3 is 10.2 Å². The van der Waals surface area contributed by atoms with E-state index >= 15 is 0 Å². The summed E-state index contributed by atoms with van der Waals surface area (Å²) in [6, 6.07) is 5.23. The average Bonchev–Trinajstić information content (AvgIpc) is 3.25. The van der Waals surface area contributed by atoms with Crippen molar-refractivity contribution < 1.29 is 14.5 Å². The van der Waals surface area contributed by atoms with E-state index in [1.54, 1.807) is 32.0 Å². The molecule has 1 aliphatic rings.